The molecule has 7 nitrogen and oxygen atoms in total. The van der Waals surface area contributed by atoms with Gasteiger partial charge in [0.2, 0.25) is 18.2 Å². The molecule has 20 heavy (non-hydrogen) atoms. The molecule has 0 spiro atoms. The van der Waals surface area contributed by atoms with Gasteiger partial charge >= 0.3 is 0 Å². The maximum atomic E-state index is 12.5. The van der Waals surface area contributed by atoms with Gasteiger partial charge in [0.25, 0.3) is 0 Å². The summed E-state index contributed by atoms with van der Waals surface area (Å²) in [6.07, 6.45) is 2.52. The van der Waals surface area contributed by atoms with Gasteiger partial charge in [-0.2, -0.15) is 0 Å². The lowest BCUT2D eigenvalue weighted by Crippen LogP contribution is -2.45. The zero-order valence-corrected chi connectivity index (χ0v) is 12.0. The molecule has 0 bridgehead atoms. The first-order chi connectivity index (χ1) is 9.61. The van der Waals surface area contributed by atoms with Gasteiger partial charge < -0.3 is 19.7 Å². The van der Waals surface area contributed by atoms with Crippen molar-refractivity contribution in [2.75, 3.05) is 13.1 Å². The van der Waals surface area contributed by atoms with Crippen LogP contribution >= 0.6 is 0 Å². The second kappa shape index (κ2) is 6.81. The fraction of sp³-hybridized carbons (Fsp3) is 0.769. The van der Waals surface area contributed by atoms with Crippen LogP contribution in [0.2, 0.25) is 0 Å². The van der Waals surface area contributed by atoms with Crippen LogP contribution in [0, 0.1) is 0 Å². The Balaban J connectivity index is 2.28. The van der Waals surface area contributed by atoms with Gasteiger partial charge in [0, 0.05) is 12.5 Å². The summed E-state index contributed by atoms with van der Waals surface area (Å²) in [6.45, 7) is 5.31. The molecule has 3 atom stereocenters. The Morgan fingerprint density at radius 1 is 1.55 bits per heavy atom. The number of aliphatic hydroxyl groups excluding tert-OH is 1. The average molecular weight is 282 g/mol. The lowest BCUT2D eigenvalue weighted by atomic mass is 10.1. The summed E-state index contributed by atoms with van der Waals surface area (Å²) in [5.74, 6) is 0.303. The first-order valence-electron chi connectivity index (χ1n) is 7.07. The van der Waals surface area contributed by atoms with Crippen LogP contribution in [0.5, 0.6) is 0 Å². The standard InChI is InChI=1S/C13H22N4O3/c1-9-5-7-14-6-3-4-11(19)17(9)12(10(2)18)13-16-15-8-20-13/h8-10,12,14,18H,3-7H2,1-2H3. The average Bonchev–Trinajstić information content (AvgIpc) is 2.92. The zero-order valence-electron chi connectivity index (χ0n) is 12.0. The van der Waals surface area contributed by atoms with Crippen molar-refractivity contribution < 1.29 is 14.3 Å². The molecule has 2 heterocycles. The number of carbonyl (C=O) groups excluding carboxylic acids is 1. The molecule has 7 heteroatoms. The summed E-state index contributed by atoms with van der Waals surface area (Å²) in [7, 11) is 0. The number of aromatic nitrogens is 2. The maximum Gasteiger partial charge on any atom is 0.241 e. The zero-order chi connectivity index (χ0) is 14.5. The lowest BCUT2D eigenvalue weighted by molar-refractivity contribution is -0.140. The third-order valence-electron chi connectivity index (χ3n) is 3.63. The van der Waals surface area contributed by atoms with Gasteiger partial charge in [0.05, 0.1) is 6.10 Å². The molecule has 1 aromatic rings. The van der Waals surface area contributed by atoms with E-state index in [2.05, 4.69) is 15.5 Å². The first kappa shape index (κ1) is 14.9. The Morgan fingerprint density at radius 2 is 2.35 bits per heavy atom. The van der Waals surface area contributed by atoms with Crippen LogP contribution in [0.3, 0.4) is 0 Å². The van der Waals surface area contributed by atoms with Crippen LogP contribution in [-0.2, 0) is 4.79 Å². The van der Waals surface area contributed by atoms with E-state index in [9.17, 15) is 9.90 Å². The van der Waals surface area contributed by atoms with E-state index in [1.165, 1.54) is 6.39 Å². The molecule has 1 amide bonds. The number of nitrogens with one attached hydrogen (secondary N) is 1. The fourth-order valence-corrected chi connectivity index (χ4v) is 2.61. The molecule has 0 saturated carbocycles. The van der Waals surface area contributed by atoms with Gasteiger partial charge in [-0.15, -0.1) is 10.2 Å². The van der Waals surface area contributed by atoms with Crippen LogP contribution in [0.1, 0.15) is 45.0 Å². The number of hydrogen-bond acceptors (Lipinski definition) is 6. The van der Waals surface area contributed by atoms with Crippen molar-refractivity contribution >= 4 is 5.91 Å². The summed E-state index contributed by atoms with van der Waals surface area (Å²) in [5.41, 5.74) is 0. The van der Waals surface area contributed by atoms with Crippen LogP contribution < -0.4 is 5.32 Å². The summed E-state index contributed by atoms with van der Waals surface area (Å²) in [4.78, 5) is 14.2. The molecule has 3 unspecified atom stereocenters. The highest BCUT2D eigenvalue weighted by atomic mass is 16.4. The van der Waals surface area contributed by atoms with E-state index in [4.69, 9.17) is 4.42 Å². The molecule has 0 aromatic carbocycles. The predicted octanol–water partition coefficient (Wildman–Crippen LogP) is 0.482. The minimum Gasteiger partial charge on any atom is -0.426 e. The third kappa shape index (κ3) is 3.34. The van der Waals surface area contributed by atoms with Gasteiger partial charge in [-0.25, -0.2) is 0 Å². The summed E-state index contributed by atoms with van der Waals surface area (Å²) in [6, 6.07) is -0.585. The summed E-state index contributed by atoms with van der Waals surface area (Å²) < 4.78 is 5.22. The molecule has 1 aliphatic heterocycles. The molecular formula is C13H22N4O3. The van der Waals surface area contributed by atoms with Gasteiger partial charge in [-0.1, -0.05) is 0 Å². The highest BCUT2D eigenvalue weighted by Gasteiger charge is 2.35. The van der Waals surface area contributed by atoms with Crippen molar-refractivity contribution in [1.29, 1.82) is 0 Å². The molecule has 112 valence electrons. The Bertz CT molecular complexity index is 421. The van der Waals surface area contributed by atoms with Crippen LogP contribution in [0.25, 0.3) is 0 Å². The van der Waals surface area contributed by atoms with Crippen LogP contribution in [-0.4, -0.2) is 51.3 Å². The largest absolute Gasteiger partial charge is 0.426 e. The smallest absolute Gasteiger partial charge is 0.241 e. The molecule has 0 radical (unpaired) electrons. The molecule has 1 fully saturated rings. The maximum absolute atomic E-state index is 12.5. The predicted molar refractivity (Wildman–Crippen MR) is 71.7 cm³/mol. The normalized spacial score (nSPS) is 24.6. The van der Waals surface area contributed by atoms with E-state index in [0.717, 1.165) is 25.9 Å². The Morgan fingerprint density at radius 3 is 3.00 bits per heavy atom. The second-order valence-electron chi connectivity index (χ2n) is 5.25. The number of amides is 1. The summed E-state index contributed by atoms with van der Waals surface area (Å²) >= 11 is 0. The minimum atomic E-state index is -0.768. The number of aliphatic hydroxyl groups is 1. The number of nitrogens with zero attached hydrogens (tertiary/aromatic N) is 3. The highest BCUT2D eigenvalue weighted by Crippen LogP contribution is 2.27. The fourth-order valence-electron chi connectivity index (χ4n) is 2.61. The Hall–Kier alpha value is -1.47. The SMILES string of the molecule is CC(O)C(c1nnco1)N1C(=O)CCCNCCC1C. The van der Waals surface area contributed by atoms with Crippen molar-refractivity contribution in [3.05, 3.63) is 12.3 Å². The van der Waals surface area contributed by atoms with Gasteiger partial charge in [-0.3, -0.25) is 4.79 Å². The Kier molecular flexibility index (Phi) is 5.08. The second-order valence-corrected chi connectivity index (χ2v) is 5.25. The van der Waals surface area contributed by atoms with Crippen LogP contribution in [0.15, 0.2) is 10.8 Å². The first-order valence-corrected chi connectivity index (χ1v) is 7.07. The van der Waals surface area contributed by atoms with Crippen molar-refractivity contribution in [3.63, 3.8) is 0 Å². The quantitative estimate of drug-likeness (QED) is 0.838. The van der Waals surface area contributed by atoms with Gasteiger partial charge in [0.1, 0.15) is 6.04 Å². The Labute approximate surface area is 118 Å². The number of rotatable bonds is 3. The lowest BCUT2D eigenvalue weighted by Gasteiger charge is -2.36. The van der Waals surface area contributed by atoms with E-state index >= 15 is 0 Å². The van der Waals surface area contributed by atoms with Crippen molar-refractivity contribution in [2.45, 2.75) is 51.3 Å². The topological polar surface area (TPSA) is 91.5 Å². The molecule has 1 saturated heterocycles. The number of carbonyl (C=O) groups is 1. The van der Waals surface area contributed by atoms with Gasteiger partial charge in [0.15, 0.2) is 0 Å². The van der Waals surface area contributed by atoms with Crippen LogP contribution in [0.4, 0.5) is 0 Å². The highest BCUT2D eigenvalue weighted by molar-refractivity contribution is 5.77. The molecule has 2 N–H and O–H groups in total. The van der Waals surface area contributed by atoms with Crippen molar-refractivity contribution in [2.24, 2.45) is 0 Å². The molecule has 1 aliphatic rings. The third-order valence-corrected chi connectivity index (χ3v) is 3.63. The van der Waals surface area contributed by atoms with E-state index in [1.807, 2.05) is 6.92 Å². The molecule has 1 aromatic heterocycles. The molecule has 2 rings (SSSR count). The molecule has 0 aliphatic carbocycles. The van der Waals surface area contributed by atoms with Crippen molar-refractivity contribution in [3.8, 4) is 0 Å². The number of hydrogen-bond donors (Lipinski definition) is 2. The van der Waals surface area contributed by atoms with E-state index < -0.39 is 12.1 Å². The van der Waals surface area contributed by atoms with E-state index in [0.29, 0.717) is 6.42 Å². The monoisotopic (exact) mass is 282 g/mol. The molecular weight excluding hydrogens is 260 g/mol. The van der Waals surface area contributed by atoms with Gasteiger partial charge in [-0.05, 0) is 39.8 Å². The minimum absolute atomic E-state index is 0.000370. The van der Waals surface area contributed by atoms with E-state index in [-0.39, 0.29) is 17.8 Å². The van der Waals surface area contributed by atoms with E-state index in [1.54, 1.807) is 11.8 Å². The summed E-state index contributed by atoms with van der Waals surface area (Å²) in [5, 5.41) is 20.9. The van der Waals surface area contributed by atoms with Crippen molar-refractivity contribution in [1.82, 2.24) is 20.4 Å².